The first kappa shape index (κ1) is 27.7. The van der Waals surface area contributed by atoms with Crippen LogP contribution in [-0.4, -0.2) is 50.1 Å². The van der Waals surface area contributed by atoms with Crippen LogP contribution in [-0.2, 0) is 11.3 Å². The molecule has 0 saturated carbocycles. The summed E-state index contributed by atoms with van der Waals surface area (Å²) in [5.74, 6) is 0.623. The third-order valence-electron chi connectivity index (χ3n) is 3.17. The van der Waals surface area contributed by atoms with Crippen molar-refractivity contribution < 1.29 is 9.53 Å². The van der Waals surface area contributed by atoms with Gasteiger partial charge in [0.2, 0.25) is 0 Å². The summed E-state index contributed by atoms with van der Waals surface area (Å²) in [6, 6.07) is 5.84. The van der Waals surface area contributed by atoms with Gasteiger partial charge in [-0.3, -0.25) is 4.79 Å². The van der Waals surface area contributed by atoms with Crippen molar-refractivity contribution in [2.45, 2.75) is 39.3 Å². The number of hydrogen-bond acceptors (Lipinski definition) is 4. The standard InChI is InChI=1S/C18H30BrN3O2.2ClH/c1-18(2,3)21-17(23)13-24-16-8-7-15(19)11-14(16)12-20-9-6-10-22(4)5;;/h7-8,11,20H,6,9-10,12-13H2,1-5H3,(H,21,23);2*1H. The first-order valence-corrected chi connectivity index (χ1v) is 9.04. The van der Waals surface area contributed by atoms with Crippen molar-refractivity contribution in [2.75, 3.05) is 33.8 Å². The summed E-state index contributed by atoms with van der Waals surface area (Å²) in [6.07, 6.45) is 1.09. The number of hydrogen-bond donors (Lipinski definition) is 2. The van der Waals surface area contributed by atoms with E-state index in [4.69, 9.17) is 4.74 Å². The second-order valence-corrected chi connectivity index (χ2v) is 8.09. The number of nitrogens with one attached hydrogen (secondary N) is 2. The van der Waals surface area contributed by atoms with Crippen molar-refractivity contribution in [3.8, 4) is 5.75 Å². The van der Waals surface area contributed by atoms with Crippen LogP contribution in [0.15, 0.2) is 22.7 Å². The van der Waals surface area contributed by atoms with E-state index in [1.807, 2.05) is 39.0 Å². The monoisotopic (exact) mass is 471 g/mol. The van der Waals surface area contributed by atoms with Crippen LogP contribution in [0.1, 0.15) is 32.8 Å². The van der Waals surface area contributed by atoms with Crippen molar-refractivity contribution in [2.24, 2.45) is 0 Å². The minimum atomic E-state index is -0.253. The van der Waals surface area contributed by atoms with Gasteiger partial charge >= 0.3 is 0 Å². The van der Waals surface area contributed by atoms with Gasteiger partial charge in [0, 0.05) is 22.1 Å². The summed E-state index contributed by atoms with van der Waals surface area (Å²) in [4.78, 5) is 14.1. The molecule has 1 rings (SSSR count). The molecule has 0 spiro atoms. The quantitative estimate of drug-likeness (QED) is 0.539. The minimum Gasteiger partial charge on any atom is -0.483 e. The van der Waals surface area contributed by atoms with Crippen LogP contribution >= 0.6 is 40.7 Å². The number of carbonyl (C=O) groups is 1. The van der Waals surface area contributed by atoms with E-state index in [1.54, 1.807) is 0 Å². The van der Waals surface area contributed by atoms with Gasteiger partial charge in [-0.25, -0.2) is 0 Å². The van der Waals surface area contributed by atoms with Gasteiger partial charge in [0.15, 0.2) is 6.61 Å². The zero-order valence-electron chi connectivity index (χ0n) is 16.2. The van der Waals surface area contributed by atoms with Gasteiger partial charge < -0.3 is 20.3 Å². The average Bonchev–Trinajstić information content (AvgIpc) is 2.43. The molecule has 0 saturated heterocycles. The fraction of sp³-hybridized carbons (Fsp3) is 0.611. The maximum absolute atomic E-state index is 11.9. The number of carbonyl (C=O) groups excluding carboxylic acids is 1. The predicted octanol–water partition coefficient (Wildman–Crippen LogP) is 3.63. The van der Waals surface area contributed by atoms with Crippen molar-refractivity contribution in [1.29, 1.82) is 0 Å². The molecule has 0 aromatic heterocycles. The zero-order chi connectivity index (χ0) is 18.2. The lowest BCUT2D eigenvalue weighted by Gasteiger charge is -2.21. The third-order valence-corrected chi connectivity index (χ3v) is 3.66. The zero-order valence-corrected chi connectivity index (χ0v) is 19.4. The van der Waals surface area contributed by atoms with Gasteiger partial charge in [-0.2, -0.15) is 0 Å². The Bertz CT molecular complexity index is 538. The van der Waals surface area contributed by atoms with E-state index in [-0.39, 0.29) is 42.9 Å². The van der Waals surface area contributed by atoms with Crippen LogP contribution in [0.2, 0.25) is 0 Å². The van der Waals surface area contributed by atoms with Gasteiger partial charge in [0.1, 0.15) is 5.75 Å². The number of halogens is 3. The van der Waals surface area contributed by atoms with Crippen LogP contribution in [0.4, 0.5) is 0 Å². The molecule has 5 nitrogen and oxygen atoms in total. The topological polar surface area (TPSA) is 53.6 Å². The molecule has 26 heavy (non-hydrogen) atoms. The molecule has 0 bridgehead atoms. The summed E-state index contributed by atoms with van der Waals surface area (Å²) in [5.41, 5.74) is 0.787. The molecule has 0 heterocycles. The highest BCUT2D eigenvalue weighted by molar-refractivity contribution is 9.10. The van der Waals surface area contributed by atoms with Crippen molar-refractivity contribution >= 4 is 46.7 Å². The molecule has 0 aliphatic rings. The molecule has 1 aromatic carbocycles. The van der Waals surface area contributed by atoms with Crippen LogP contribution in [0.5, 0.6) is 5.75 Å². The number of nitrogens with zero attached hydrogens (tertiary/aromatic N) is 1. The van der Waals surface area contributed by atoms with E-state index in [2.05, 4.69) is 45.6 Å². The Labute approximate surface area is 178 Å². The summed E-state index contributed by atoms with van der Waals surface area (Å²) in [6.45, 7) is 8.58. The summed E-state index contributed by atoms with van der Waals surface area (Å²) >= 11 is 3.49. The molecule has 8 heteroatoms. The first-order chi connectivity index (χ1) is 11.2. The van der Waals surface area contributed by atoms with E-state index < -0.39 is 0 Å². The SMILES string of the molecule is CN(C)CCCNCc1cc(Br)ccc1OCC(=O)NC(C)(C)C.Cl.Cl. The molecule has 0 fully saturated rings. The van der Waals surface area contributed by atoms with Crippen molar-refractivity contribution in [1.82, 2.24) is 15.5 Å². The van der Waals surface area contributed by atoms with Gasteiger partial charge in [-0.1, -0.05) is 15.9 Å². The maximum Gasteiger partial charge on any atom is 0.258 e. The van der Waals surface area contributed by atoms with Gasteiger partial charge in [0.25, 0.3) is 5.91 Å². The summed E-state index contributed by atoms with van der Waals surface area (Å²) in [5, 5.41) is 6.32. The van der Waals surface area contributed by atoms with E-state index >= 15 is 0 Å². The molecule has 152 valence electrons. The Kier molecular flexibility index (Phi) is 14.5. The highest BCUT2D eigenvalue weighted by Gasteiger charge is 2.14. The van der Waals surface area contributed by atoms with E-state index in [0.717, 1.165) is 35.3 Å². The highest BCUT2D eigenvalue weighted by Crippen LogP contribution is 2.23. The predicted molar refractivity (Wildman–Crippen MR) is 117 cm³/mol. The van der Waals surface area contributed by atoms with Crippen LogP contribution in [0.3, 0.4) is 0 Å². The summed E-state index contributed by atoms with van der Waals surface area (Å²) < 4.78 is 6.71. The van der Waals surface area contributed by atoms with E-state index in [9.17, 15) is 4.79 Å². The fourth-order valence-electron chi connectivity index (χ4n) is 2.17. The minimum absolute atomic E-state index is 0. The second kappa shape index (κ2) is 13.6. The van der Waals surface area contributed by atoms with E-state index in [1.165, 1.54) is 0 Å². The third kappa shape index (κ3) is 12.8. The number of rotatable bonds is 9. The van der Waals surface area contributed by atoms with Crippen molar-refractivity contribution in [3.63, 3.8) is 0 Å². The molecule has 0 unspecified atom stereocenters. The van der Waals surface area contributed by atoms with E-state index in [0.29, 0.717) is 6.54 Å². The van der Waals surface area contributed by atoms with Crippen LogP contribution < -0.4 is 15.4 Å². The Morgan fingerprint density at radius 1 is 1.23 bits per heavy atom. The fourth-order valence-corrected chi connectivity index (χ4v) is 2.58. The lowest BCUT2D eigenvalue weighted by Crippen LogP contribution is -2.43. The van der Waals surface area contributed by atoms with Crippen LogP contribution in [0.25, 0.3) is 0 Å². The molecule has 1 aromatic rings. The highest BCUT2D eigenvalue weighted by atomic mass is 79.9. The molecule has 0 radical (unpaired) electrons. The summed E-state index contributed by atoms with van der Waals surface area (Å²) in [7, 11) is 4.14. The molecule has 2 N–H and O–H groups in total. The molecule has 1 amide bonds. The lowest BCUT2D eigenvalue weighted by molar-refractivity contribution is -0.124. The average molecular weight is 473 g/mol. The number of benzene rings is 1. The lowest BCUT2D eigenvalue weighted by atomic mass is 10.1. The molecular weight excluding hydrogens is 441 g/mol. The molecule has 0 aliphatic carbocycles. The second-order valence-electron chi connectivity index (χ2n) is 7.17. The largest absolute Gasteiger partial charge is 0.483 e. The molecular formula is C18H32BrCl2N3O2. The number of ether oxygens (including phenoxy) is 1. The number of amides is 1. The van der Waals surface area contributed by atoms with Gasteiger partial charge in [-0.15, -0.1) is 24.8 Å². The Morgan fingerprint density at radius 3 is 2.46 bits per heavy atom. The van der Waals surface area contributed by atoms with Crippen LogP contribution in [0, 0.1) is 0 Å². The Balaban J connectivity index is 0. The van der Waals surface area contributed by atoms with Crippen molar-refractivity contribution in [3.05, 3.63) is 28.2 Å². The smallest absolute Gasteiger partial charge is 0.258 e. The molecule has 0 atom stereocenters. The first-order valence-electron chi connectivity index (χ1n) is 8.25. The van der Waals surface area contributed by atoms with Gasteiger partial charge in [0.05, 0.1) is 0 Å². The molecule has 0 aliphatic heterocycles. The van der Waals surface area contributed by atoms with Gasteiger partial charge in [-0.05, 0) is 72.6 Å². The maximum atomic E-state index is 11.9. The Hall–Kier alpha value is -0.530. The Morgan fingerprint density at radius 2 is 1.88 bits per heavy atom. The normalized spacial score (nSPS) is 10.7.